The molecule has 2 aromatic rings. The first-order chi connectivity index (χ1) is 10.2. The molecular formula is C18H25N3. The number of hydrogen-bond donors (Lipinski definition) is 0. The third-order valence-corrected chi connectivity index (χ3v) is 4.60. The topological polar surface area (TPSA) is 19.4 Å². The smallest absolute Gasteiger partial charge is 0.0726 e. The third kappa shape index (κ3) is 2.75. The molecule has 0 amide bonds. The van der Waals surface area contributed by atoms with E-state index in [1.807, 2.05) is 0 Å². The molecule has 0 fully saturated rings. The lowest BCUT2D eigenvalue weighted by molar-refractivity contribution is 0.296. The second-order valence-corrected chi connectivity index (χ2v) is 5.97. The Kier molecular flexibility index (Phi) is 4.11. The van der Waals surface area contributed by atoms with Crippen LogP contribution in [0.4, 0.5) is 5.69 Å². The van der Waals surface area contributed by atoms with Crippen molar-refractivity contribution in [2.45, 2.75) is 33.2 Å². The van der Waals surface area contributed by atoms with Gasteiger partial charge >= 0.3 is 0 Å². The van der Waals surface area contributed by atoms with Crippen molar-refractivity contribution in [2.75, 3.05) is 31.6 Å². The first-order valence-electron chi connectivity index (χ1n) is 8.07. The largest absolute Gasteiger partial charge is 0.374 e. The summed E-state index contributed by atoms with van der Waals surface area (Å²) in [5.41, 5.74) is 5.28. The van der Waals surface area contributed by atoms with Crippen LogP contribution in [0.3, 0.4) is 0 Å². The molecule has 3 heteroatoms. The van der Waals surface area contributed by atoms with E-state index in [2.05, 4.69) is 55.1 Å². The fraction of sp³-hybridized carbons (Fsp3) is 0.500. The SMILES string of the molecule is CCN(CC)Cc1ccc2c3c(cnc2c1)CCCN3C. The zero-order chi connectivity index (χ0) is 14.8. The molecule has 0 radical (unpaired) electrons. The van der Waals surface area contributed by atoms with Crippen LogP contribution < -0.4 is 4.90 Å². The van der Waals surface area contributed by atoms with Crippen LogP contribution in [-0.2, 0) is 13.0 Å². The van der Waals surface area contributed by atoms with Crippen molar-refractivity contribution in [3.8, 4) is 0 Å². The fourth-order valence-electron chi connectivity index (χ4n) is 3.32. The van der Waals surface area contributed by atoms with Gasteiger partial charge in [0.15, 0.2) is 0 Å². The predicted molar refractivity (Wildman–Crippen MR) is 90.0 cm³/mol. The normalized spacial score (nSPS) is 14.8. The second kappa shape index (κ2) is 6.02. The highest BCUT2D eigenvalue weighted by molar-refractivity contribution is 5.93. The number of aryl methyl sites for hydroxylation is 1. The van der Waals surface area contributed by atoms with E-state index < -0.39 is 0 Å². The van der Waals surface area contributed by atoms with E-state index in [-0.39, 0.29) is 0 Å². The molecule has 2 heterocycles. The van der Waals surface area contributed by atoms with Crippen LogP contribution in [0, 0.1) is 0 Å². The van der Waals surface area contributed by atoms with Crippen LogP contribution in [0.2, 0.25) is 0 Å². The Bertz CT molecular complexity index is 632. The Morgan fingerprint density at radius 1 is 1.24 bits per heavy atom. The number of benzene rings is 1. The molecule has 1 aromatic carbocycles. The molecule has 0 atom stereocenters. The van der Waals surface area contributed by atoms with Crippen molar-refractivity contribution < 1.29 is 0 Å². The van der Waals surface area contributed by atoms with E-state index in [4.69, 9.17) is 4.98 Å². The minimum atomic E-state index is 1.01. The summed E-state index contributed by atoms with van der Waals surface area (Å²) in [5.74, 6) is 0. The summed E-state index contributed by atoms with van der Waals surface area (Å²) in [6.45, 7) is 8.77. The van der Waals surface area contributed by atoms with Gasteiger partial charge in [0.25, 0.3) is 0 Å². The lowest BCUT2D eigenvalue weighted by atomic mass is 9.99. The standard InChI is InChI=1S/C18H25N3/c1-4-21(5-2)13-14-8-9-16-17(11-14)19-12-15-7-6-10-20(3)18(15)16/h8-9,11-12H,4-7,10,13H2,1-3H3. The summed E-state index contributed by atoms with van der Waals surface area (Å²) in [6, 6.07) is 6.79. The van der Waals surface area contributed by atoms with Gasteiger partial charge in [-0.05, 0) is 43.1 Å². The van der Waals surface area contributed by atoms with Crippen LogP contribution in [0.1, 0.15) is 31.4 Å². The van der Waals surface area contributed by atoms with Crippen molar-refractivity contribution in [3.05, 3.63) is 35.5 Å². The van der Waals surface area contributed by atoms with Gasteiger partial charge in [-0.2, -0.15) is 0 Å². The summed E-state index contributed by atoms with van der Waals surface area (Å²) in [6.07, 6.45) is 4.47. The van der Waals surface area contributed by atoms with E-state index in [0.29, 0.717) is 0 Å². The molecule has 0 bridgehead atoms. The quantitative estimate of drug-likeness (QED) is 0.856. The van der Waals surface area contributed by atoms with Crippen LogP contribution in [0.15, 0.2) is 24.4 Å². The monoisotopic (exact) mass is 283 g/mol. The molecule has 0 unspecified atom stereocenters. The minimum Gasteiger partial charge on any atom is -0.374 e. The Hall–Kier alpha value is -1.61. The van der Waals surface area contributed by atoms with Crippen molar-refractivity contribution in [3.63, 3.8) is 0 Å². The van der Waals surface area contributed by atoms with Crippen LogP contribution in [0.25, 0.3) is 10.9 Å². The van der Waals surface area contributed by atoms with Gasteiger partial charge in [0, 0.05) is 31.7 Å². The molecule has 0 saturated heterocycles. The maximum Gasteiger partial charge on any atom is 0.0726 e. The maximum atomic E-state index is 4.70. The molecule has 3 nitrogen and oxygen atoms in total. The lowest BCUT2D eigenvalue weighted by Crippen LogP contribution is -2.25. The first kappa shape index (κ1) is 14.3. The van der Waals surface area contributed by atoms with Gasteiger partial charge in [0.2, 0.25) is 0 Å². The van der Waals surface area contributed by atoms with Gasteiger partial charge < -0.3 is 4.90 Å². The van der Waals surface area contributed by atoms with E-state index in [1.54, 1.807) is 0 Å². The van der Waals surface area contributed by atoms with Gasteiger partial charge in [-0.25, -0.2) is 0 Å². The lowest BCUT2D eigenvalue weighted by Gasteiger charge is -2.28. The zero-order valence-electron chi connectivity index (χ0n) is 13.4. The summed E-state index contributed by atoms with van der Waals surface area (Å²) < 4.78 is 0. The van der Waals surface area contributed by atoms with E-state index in [9.17, 15) is 0 Å². The van der Waals surface area contributed by atoms with Crippen molar-refractivity contribution in [1.29, 1.82) is 0 Å². The molecule has 1 aliphatic heterocycles. The number of fused-ring (bicyclic) bond motifs is 3. The molecule has 0 aliphatic carbocycles. The number of pyridine rings is 1. The number of hydrogen-bond acceptors (Lipinski definition) is 3. The van der Waals surface area contributed by atoms with E-state index in [1.165, 1.54) is 28.6 Å². The fourth-order valence-corrected chi connectivity index (χ4v) is 3.32. The molecule has 3 rings (SSSR count). The minimum absolute atomic E-state index is 1.01. The average Bonchev–Trinajstić information content (AvgIpc) is 2.52. The highest BCUT2D eigenvalue weighted by Crippen LogP contribution is 2.33. The molecule has 0 spiro atoms. The molecule has 1 aliphatic rings. The first-order valence-corrected chi connectivity index (χ1v) is 8.07. The summed E-state index contributed by atoms with van der Waals surface area (Å²) in [7, 11) is 2.20. The summed E-state index contributed by atoms with van der Waals surface area (Å²) in [4.78, 5) is 9.52. The number of aromatic nitrogens is 1. The van der Waals surface area contributed by atoms with E-state index in [0.717, 1.165) is 38.1 Å². The van der Waals surface area contributed by atoms with Crippen LogP contribution in [-0.4, -0.2) is 36.6 Å². The Balaban J connectivity index is 2.00. The Morgan fingerprint density at radius 3 is 2.81 bits per heavy atom. The number of anilines is 1. The van der Waals surface area contributed by atoms with Gasteiger partial charge in [-0.3, -0.25) is 9.88 Å². The molecule has 0 N–H and O–H groups in total. The number of rotatable bonds is 4. The second-order valence-electron chi connectivity index (χ2n) is 5.97. The Morgan fingerprint density at radius 2 is 2.05 bits per heavy atom. The van der Waals surface area contributed by atoms with Gasteiger partial charge in [0.05, 0.1) is 11.2 Å². The maximum absolute atomic E-state index is 4.70. The average molecular weight is 283 g/mol. The molecule has 21 heavy (non-hydrogen) atoms. The molecule has 112 valence electrons. The van der Waals surface area contributed by atoms with Gasteiger partial charge in [-0.15, -0.1) is 0 Å². The highest BCUT2D eigenvalue weighted by atomic mass is 15.1. The molecular weight excluding hydrogens is 258 g/mol. The van der Waals surface area contributed by atoms with Crippen molar-refractivity contribution in [1.82, 2.24) is 9.88 Å². The predicted octanol–water partition coefficient (Wildman–Crippen LogP) is 3.46. The van der Waals surface area contributed by atoms with Crippen LogP contribution in [0.5, 0.6) is 0 Å². The van der Waals surface area contributed by atoms with Gasteiger partial charge in [0.1, 0.15) is 0 Å². The summed E-state index contributed by atoms with van der Waals surface area (Å²) in [5, 5.41) is 1.30. The van der Waals surface area contributed by atoms with Gasteiger partial charge in [-0.1, -0.05) is 26.0 Å². The third-order valence-electron chi connectivity index (χ3n) is 4.60. The zero-order valence-corrected chi connectivity index (χ0v) is 13.4. The Labute approximate surface area is 127 Å². The molecule has 0 saturated carbocycles. The highest BCUT2D eigenvalue weighted by Gasteiger charge is 2.17. The van der Waals surface area contributed by atoms with E-state index >= 15 is 0 Å². The van der Waals surface area contributed by atoms with Crippen molar-refractivity contribution in [2.24, 2.45) is 0 Å². The molecule has 1 aromatic heterocycles. The van der Waals surface area contributed by atoms with Crippen molar-refractivity contribution >= 4 is 16.6 Å². The number of nitrogens with zero attached hydrogens (tertiary/aromatic N) is 3. The van der Waals surface area contributed by atoms with Crippen LogP contribution >= 0.6 is 0 Å². The summed E-state index contributed by atoms with van der Waals surface area (Å²) >= 11 is 0.